The summed E-state index contributed by atoms with van der Waals surface area (Å²) in [6.45, 7) is 5.29. The minimum Gasteiger partial charge on any atom is -0.450 e. The Hall–Kier alpha value is -2.70. The number of aromatic amines is 1. The van der Waals surface area contributed by atoms with E-state index < -0.39 is 0 Å². The Morgan fingerprint density at radius 2 is 2.08 bits per heavy atom. The zero-order chi connectivity index (χ0) is 16.7. The predicted octanol–water partition coefficient (Wildman–Crippen LogP) is 2.58. The Balaban J connectivity index is 1.55. The molecule has 0 spiro atoms. The second-order valence-electron chi connectivity index (χ2n) is 6.34. The number of hydrogen-bond acceptors (Lipinski definition) is 5. The van der Waals surface area contributed by atoms with Crippen LogP contribution in [0.15, 0.2) is 22.6 Å². The van der Waals surface area contributed by atoms with E-state index in [0.717, 1.165) is 40.8 Å². The second kappa shape index (κ2) is 5.74. The maximum atomic E-state index is 12.9. The lowest BCUT2D eigenvalue weighted by atomic mass is 9.96. The molecule has 0 bridgehead atoms. The predicted molar refractivity (Wildman–Crippen MR) is 87.7 cm³/mol. The summed E-state index contributed by atoms with van der Waals surface area (Å²) in [5, 5.41) is 15.2. The molecule has 7 nitrogen and oxygen atoms in total. The summed E-state index contributed by atoms with van der Waals surface area (Å²) < 4.78 is 5.91. The van der Waals surface area contributed by atoms with Crippen molar-refractivity contribution >= 4 is 16.9 Å². The van der Waals surface area contributed by atoms with Crippen molar-refractivity contribution < 1.29 is 9.21 Å². The van der Waals surface area contributed by atoms with Crippen molar-refractivity contribution in [3.63, 3.8) is 0 Å². The highest BCUT2D eigenvalue weighted by molar-refractivity contribution is 5.99. The van der Waals surface area contributed by atoms with E-state index in [1.165, 1.54) is 0 Å². The molecular formula is C17H19N5O2. The van der Waals surface area contributed by atoms with Crippen LogP contribution in [0.3, 0.4) is 0 Å². The van der Waals surface area contributed by atoms with E-state index in [1.807, 2.05) is 36.9 Å². The van der Waals surface area contributed by atoms with Crippen molar-refractivity contribution in [2.75, 3.05) is 13.1 Å². The third-order valence-electron chi connectivity index (χ3n) is 4.86. The molecule has 0 unspecified atom stereocenters. The van der Waals surface area contributed by atoms with E-state index >= 15 is 0 Å². The molecule has 3 heterocycles. The molecule has 1 aromatic carbocycles. The summed E-state index contributed by atoms with van der Waals surface area (Å²) in [7, 11) is 0. The fourth-order valence-electron chi connectivity index (χ4n) is 3.42. The fourth-order valence-corrected chi connectivity index (χ4v) is 3.42. The number of hydrogen-bond donors (Lipinski definition) is 1. The molecule has 3 aromatic rings. The van der Waals surface area contributed by atoms with Crippen LogP contribution in [0, 0.1) is 13.8 Å². The lowest BCUT2D eigenvalue weighted by Crippen LogP contribution is -2.38. The Morgan fingerprint density at radius 3 is 2.75 bits per heavy atom. The van der Waals surface area contributed by atoms with Crippen LogP contribution in [0.1, 0.15) is 46.3 Å². The van der Waals surface area contributed by atoms with Crippen LogP contribution >= 0.6 is 0 Å². The van der Waals surface area contributed by atoms with Crippen LogP contribution in [0.25, 0.3) is 11.0 Å². The molecule has 1 N–H and O–H groups in total. The first-order valence-corrected chi connectivity index (χ1v) is 8.16. The highest BCUT2D eigenvalue weighted by Crippen LogP contribution is 2.30. The van der Waals surface area contributed by atoms with Crippen LogP contribution in [-0.4, -0.2) is 44.5 Å². The minimum absolute atomic E-state index is 0.0327. The lowest BCUT2D eigenvalue weighted by molar-refractivity contribution is 0.0680. The molecule has 0 saturated carbocycles. The van der Waals surface area contributed by atoms with Gasteiger partial charge in [0.15, 0.2) is 11.6 Å². The van der Waals surface area contributed by atoms with Crippen molar-refractivity contribution in [3.8, 4) is 0 Å². The largest absolute Gasteiger partial charge is 0.450 e. The molecule has 2 aromatic heterocycles. The Morgan fingerprint density at radius 1 is 1.29 bits per heavy atom. The van der Waals surface area contributed by atoms with Crippen LogP contribution < -0.4 is 0 Å². The van der Waals surface area contributed by atoms with Gasteiger partial charge in [0.1, 0.15) is 5.58 Å². The topological polar surface area (TPSA) is 87.9 Å². The molecule has 1 aliphatic rings. The lowest BCUT2D eigenvalue weighted by Gasteiger charge is -2.30. The summed E-state index contributed by atoms with van der Waals surface area (Å²) in [4.78, 5) is 14.7. The zero-order valence-electron chi connectivity index (χ0n) is 13.7. The second-order valence-corrected chi connectivity index (χ2v) is 6.34. The van der Waals surface area contributed by atoms with Gasteiger partial charge in [-0.05, 0) is 32.3 Å². The van der Waals surface area contributed by atoms with Gasteiger partial charge in [-0.3, -0.25) is 4.79 Å². The SMILES string of the molecule is Cc1c(C(=O)N2CCC(c3nn[nH]n3)CC2)oc2c(C)cccc12. The van der Waals surface area contributed by atoms with Gasteiger partial charge < -0.3 is 9.32 Å². The standard InChI is InChI=1S/C17H19N5O2/c1-10-4-3-5-13-11(2)15(24-14(10)13)17(23)22-8-6-12(7-9-22)16-18-20-21-19-16/h3-5,12H,6-9H2,1-2H3,(H,18,19,20,21). The number of nitrogens with zero attached hydrogens (tertiary/aromatic N) is 4. The number of rotatable bonds is 2. The normalized spacial score (nSPS) is 16.0. The number of likely N-dealkylation sites (tertiary alicyclic amines) is 1. The molecule has 124 valence electrons. The molecule has 1 fully saturated rings. The average Bonchev–Trinajstić information content (AvgIpc) is 3.24. The van der Waals surface area contributed by atoms with Gasteiger partial charge in [-0.1, -0.05) is 23.4 Å². The monoisotopic (exact) mass is 325 g/mol. The number of carbonyl (C=O) groups excluding carboxylic acids is 1. The van der Waals surface area contributed by atoms with Crippen molar-refractivity contribution in [1.82, 2.24) is 25.5 Å². The smallest absolute Gasteiger partial charge is 0.289 e. The molecule has 0 radical (unpaired) electrons. The number of furan rings is 1. The zero-order valence-corrected chi connectivity index (χ0v) is 13.7. The summed E-state index contributed by atoms with van der Waals surface area (Å²) in [6.07, 6.45) is 1.67. The molecule has 7 heteroatoms. The number of amides is 1. The van der Waals surface area contributed by atoms with Crippen LogP contribution in [0.5, 0.6) is 0 Å². The molecule has 24 heavy (non-hydrogen) atoms. The van der Waals surface area contributed by atoms with Gasteiger partial charge in [0.25, 0.3) is 5.91 Å². The van der Waals surface area contributed by atoms with Gasteiger partial charge in [0, 0.05) is 30.0 Å². The third-order valence-corrected chi connectivity index (χ3v) is 4.86. The van der Waals surface area contributed by atoms with E-state index in [9.17, 15) is 4.79 Å². The number of H-pyrrole nitrogens is 1. The van der Waals surface area contributed by atoms with E-state index in [4.69, 9.17) is 4.42 Å². The maximum Gasteiger partial charge on any atom is 0.289 e. The Labute approximate surface area is 139 Å². The number of aromatic nitrogens is 4. The van der Waals surface area contributed by atoms with Gasteiger partial charge in [0.05, 0.1) is 0 Å². The number of fused-ring (bicyclic) bond motifs is 1. The first-order valence-electron chi connectivity index (χ1n) is 8.16. The summed E-state index contributed by atoms with van der Waals surface area (Å²) in [6, 6.07) is 5.99. The number of aryl methyl sites for hydroxylation is 2. The van der Waals surface area contributed by atoms with Gasteiger partial charge >= 0.3 is 0 Å². The molecule has 1 aliphatic heterocycles. The van der Waals surface area contributed by atoms with Crippen molar-refractivity contribution in [2.45, 2.75) is 32.6 Å². The number of nitrogens with one attached hydrogen (secondary N) is 1. The number of tetrazole rings is 1. The molecule has 0 aliphatic carbocycles. The number of piperidine rings is 1. The molecular weight excluding hydrogens is 306 g/mol. The van der Waals surface area contributed by atoms with E-state index in [-0.39, 0.29) is 11.8 Å². The number of carbonyl (C=O) groups is 1. The average molecular weight is 325 g/mol. The minimum atomic E-state index is -0.0327. The van der Waals surface area contributed by atoms with Crippen molar-refractivity contribution in [1.29, 1.82) is 0 Å². The Kier molecular flexibility index (Phi) is 3.55. The summed E-state index contributed by atoms with van der Waals surface area (Å²) in [5.74, 6) is 1.41. The molecule has 4 rings (SSSR count). The van der Waals surface area contributed by atoms with Crippen LogP contribution in [-0.2, 0) is 0 Å². The van der Waals surface area contributed by atoms with Gasteiger partial charge in [-0.25, -0.2) is 0 Å². The quantitative estimate of drug-likeness (QED) is 0.782. The van der Waals surface area contributed by atoms with Gasteiger partial charge in [0.2, 0.25) is 0 Å². The van der Waals surface area contributed by atoms with Crippen LogP contribution in [0.2, 0.25) is 0 Å². The maximum absolute atomic E-state index is 12.9. The number of para-hydroxylation sites is 1. The molecule has 1 saturated heterocycles. The first-order chi connectivity index (χ1) is 11.6. The molecule has 1 amide bonds. The van der Waals surface area contributed by atoms with Crippen molar-refractivity contribution in [3.05, 3.63) is 40.9 Å². The molecule has 0 atom stereocenters. The van der Waals surface area contributed by atoms with E-state index in [1.54, 1.807) is 0 Å². The van der Waals surface area contributed by atoms with Crippen molar-refractivity contribution in [2.24, 2.45) is 0 Å². The summed E-state index contributed by atoms with van der Waals surface area (Å²) >= 11 is 0. The third kappa shape index (κ3) is 2.36. The highest BCUT2D eigenvalue weighted by atomic mass is 16.3. The number of benzene rings is 1. The van der Waals surface area contributed by atoms with E-state index in [0.29, 0.717) is 18.8 Å². The van der Waals surface area contributed by atoms with E-state index in [2.05, 4.69) is 20.6 Å². The van der Waals surface area contributed by atoms with Gasteiger partial charge in [-0.15, -0.1) is 10.2 Å². The first kappa shape index (κ1) is 14.9. The Bertz CT molecular complexity index is 876. The van der Waals surface area contributed by atoms with Gasteiger partial charge in [-0.2, -0.15) is 5.21 Å². The fraction of sp³-hybridized carbons (Fsp3) is 0.412. The summed E-state index contributed by atoms with van der Waals surface area (Å²) in [5.41, 5.74) is 2.77. The van der Waals surface area contributed by atoms with Crippen LogP contribution in [0.4, 0.5) is 0 Å². The highest BCUT2D eigenvalue weighted by Gasteiger charge is 2.29.